The van der Waals surface area contributed by atoms with Gasteiger partial charge in [0.05, 0.1) is 21.7 Å². The number of H-pyrrole nitrogens is 2. The fourth-order valence-corrected chi connectivity index (χ4v) is 3.44. The third-order valence-electron chi connectivity index (χ3n) is 4.36. The first-order chi connectivity index (χ1) is 13.5. The van der Waals surface area contributed by atoms with Crippen molar-refractivity contribution in [1.29, 1.82) is 0 Å². The van der Waals surface area contributed by atoms with E-state index in [0.717, 1.165) is 11.1 Å². The topological polar surface area (TPSA) is 81.2 Å². The van der Waals surface area contributed by atoms with Crippen molar-refractivity contribution in [2.24, 2.45) is 4.99 Å². The van der Waals surface area contributed by atoms with Gasteiger partial charge in [0.25, 0.3) is 0 Å². The molecule has 0 radical (unpaired) electrons. The first-order valence-corrected chi connectivity index (χ1v) is 9.26. The van der Waals surface area contributed by atoms with Gasteiger partial charge in [0.15, 0.2) is 0 Å². The molecule has 0 aliphatic carbocycles. The van der Waals surface area contributed by atoms with Crippen molar-refractivity contribution in [3.8, 4) is 5.75 Å². The van der Waals surface area contributed by atoms with Gasteiger partial charge in [-0.25, -0.2) is 4.79 Å². The molecule has 0 aliphatic rings. The molecular weight excluding hydrogens is 397 g/mol. The summed E-state index contributed by atoms with van der Waals surface area (Å²) >= 11 is 12.4. The van der Waals surface area contributed by atoms with Crippen LogP contribution in [0.2, 0.25) is 10.0 Å². The highest BCUT2D eigenvalue weighted by Crippen LogP contribution is 2.30. The average molecular weight is 412 g/mol. The van der Waals surface area contributed by atoms with Gasteiger partial charge in [-0.15, -0.1) is 0 Å². The van der Waals surface area contributed by atoms with Gasteiger partial charge in [-0.2, -0.15) is 0 Å². The third kappa shape index (κ3) is 3.81. The van der Waals surface area contributed by atoms with Crippen LogP contribution in [0.5, 0.6) is 5.75 Å². The highest BCUT2D eigenvalue weighted by Gasteiger charge is 2.09. The van der Waals surface area contributed by atoms with Gasteiger partial charge >= 0.3 is 5.69 Å². The maximum Gasteiger partial charge on any atom is 0.323 e. The van der Waals surface area contributed by atoms with Gasteiger partial charge in [0.1, 0.15) is 5.75 Å². The fraction of sp³-hybridized carbons (Fsp3) is 0.0476. The van der Waals surface area contributed by atoms with Crippen LogP contribution in [0, 0.1) is 0 Å². The zero-order valence-corrected chi connectivity index (χ0v) is 16.1. The number of aromatic amines is 2. The molecule has 0 unspecified atom stereocenters. The Kier molecular flexibility index (Phi) is 4.94. The summed E-state index contributed by atoms with van der Waals surface area (Å²) in [6.45, 7) is 0. The molecule has 1 aromatic heterocycles. The van der Waals surface area contributed by atoms with Crippen LogP contribution in [-0.4, -0.2) is 21.3 Å². The molecule has 0 amide bonds. The Hall–Kier alpha value is -3.02. The summed E-state index contributed by atoms with van der Waals surface area (Å²) in [4.78, 5) is 21.1. The number of benzene rings is 3. The number of rotatable bonds is 4. The van der Waals surface area contributed by atoms with Crippen LogP contribution in [0.1, 0.15) is 16.7 Å². The molecule has 0 bridgehead atoms. The fourth-order valence-electron chi connectivity index (χ4n) is 2.99. The first kappa shape index (κ1) is 18.3. The van der Waals surface area contributed by atoms with Crippen LogP contribution in [0.15, 0.2) is 64.4 Å². The molecule has 7 heteroatoms. The quantitative estimate of drug-likeness (QED) is 0.402. The predicted octanol–water partition coefficient (Wildman–Crippen LogP) is 5.21. The standard InChI is InChI=1S/C21H15Cl2N3O2/c22-16-4-2-1-3-13(16)7-12-8-14(20(27)17(23)9-12)11-24-15-5-6-18-19(10-15)26-21(28)25-18/h1-6,8-11,27H,7H2,(H2,25,26,28). The average Bonchev–Trinajstić information content (AvgIpc) is 3.04. The minimum atomic E-state index is -0.271. The summed E-state index contributed by atoms with van der Waals surface area (Å²) in [5, 5.41) is 11.2. The second kappa shape index (κ2) is 7.54. The number of halogens is 2. The summed E-state index contributed by atoms with van der Waals surface area (Å²) in [7, 11) is 0. The van der Waals surface area contributed by atoms with Crippen molar-refractivity contribution in [3.05, 3.63) is 91.8 Å². The Morgan fingerprint density at radius 1 is 0.964 bits per heavy atom. The largest absolute Gasteiger partial charge is 0.506 e. The Morgan fingerprint density at radius 3 is 2.57 bits per heavy atom. The monoisotopic (exact) mass is 411 g/mol. The van der Waals surface area contributed by atoms with Crippen molar-refractivity contribution in [2.45, 2.75) is 6.42 Å². The van der Waals surface area contributed by atoms with E-state index in [9.17, 15) is 9.90 Å². The van der Waals surface area contributed by atoms with Gasteiger partial charge in [-0.1, -0.05) is 41.4 Å². The zero-order valence-electron chi connectivity index (χ0n) is 14.5. The maximum atomic E-state index is 11.4. The summed E-state index contributed by atoms with van der Waals surface area (Å²) in [5.74, 6) is -0.0375. The van der Waals surface area contributed by atoms with Crippen molar-refractivity contribution in [1.82, 2.24) is 9.97 Å². The highest BCUT2D eigenvalue weighted by molar-refractivity contribution is 6.32. The van der Waals surface area contributed by atoms with Crippen LogP contribution in [-0.2, 0) is 6.42 Å². The molecule has 3 N–H and O–H groups in total. The minimum Gasteiger partial charge on any atom is -0.506 e. The molecule has 28 heavy (non-hydrogen) atoms. The molecule has 0 aliphatic heterocycles. The predicted molar refractivity (Wildman–Crippen MR) is 114 cm³/mol. The maximum absolute atomic E-state index is 11.4. The van der Waals surface area contributed by atoms with Crippen molar-refractivity contribution in [3.63, 3.8) is 0 Å². The number of phenolic OH excluding ortho intramolecular Hbond substituents is 1. The lowest BCUT2D eigenvalue weighted by molar-refractivity contribution is 0.474. The molecule has 4 aromatic rings. The lowest BCUT2D eigenvalue weighted by atomic mass is 10.0. The molecule has 0 saturated carbocycles. The third-order valence-corrected chi connectivity index (χ3v) is 5.01. The van der Waals surface area contributed by atoms with Crippen molar-refractivity contribution < 1.29 is 5.11 Å². The molecular formula is C21H15Cl2N3O2. The molecule has 0 atom stereocenters. The lowest BCUT2D eigenvalue weighted by Crippen LogP contribution is -1.99. The summed E-state index contributed by atoms with van der Waals surface area (Å²) in [6, 6.07) is 16.4. The van der Waals surface area contributed by atoms with Gasteiger partial charge in [0, 0.05) is 16.8 Å². The SMILES string of the molecule is O=c1[nH]c2ccc(N=Cc3cc(Cc4ccccc4Cl)cc(Cl)c3O)cc2[nH]1. The molecule has 0 fully saturated rings. The number of nitrogens with zero attached hydrogens (tertiary/aromatic N) is 1. The smallest absolute Gasteiger partial charge is 0.323 e. The number of hydrogen-bond acceptors (Lipinski definition) is 3. The van der Waals surface area contributed by atoms with E-state index in [2.05, 4.69) is 15.0 Å². The van der Waals surface area contributed by atoms with E-state index in [1.165, 1.54) is 0 Å². The number of aromatic hydroxyl groups is 1. The van der Waals surface area contributed by atoms with E-state index in [1.54, 1.807) is 30.5 Å². The first-order valence-electron chi connectivity index (χ1n) is 8.50. The molecule has 1 heterocycles. The van der Waals surface area contributed by atoms with Crippen LogP contribution in [0.4, 0.5) is 5.69 Å². The number of fused-ring (bicyclic) bond motifs is 1. The van der Waals surface area contributed by atoms with E-state index < -0.39 is 0 Å². The van der Waals surface area contributed by atoms with E-state index in [4.69, 9.17) is 23.2 Å². The zero-order chi connectivity index (χ0) is 19.7. The van der Waals surface area contributed by atoms with E-state index in [-0.39, 0.29) is 16.5 Å². The molecule has 140 valence electrons. The van der Waals surface area contributed by atoms with E-state index in [1.807, 2.05) is 30.3 Å². The minimum absolute atomic E-state index is 0.0375. The van der Waals surface area contributed by atoms with Crippen LogP contribution in [0.25, 0.3) is 11.0 Å². The number of nitrogens with one attached hydrogen (secondary N) is 2. The van der Waals surface area contributed by atoms with Crippen LogP contribution < -0.4 is 5.69 Å². The van der Waals surface area contributed by atoms with Crippen LogP contribution >= 0.6 is 23.2 Å². The molecule has 0 saturated heterocycles. The van der Waals surface area contributed by atoms with E-state index in [0.29, 0.717) is 33.7 Å². The van der Waals surface area contributed by atoms with Gasteiger partial charge in [-0.05, 0) is 53.9 Å². The molecule has 4 rings (SSSR count). The summed E-state index contributed by atoms with van der Waals surface area (Å²) < 4.78 is 0. The molecule has 0 spiro atoms. The lowest BCUT2D eigenvalue weighted by Gasteiger charge is -2.08. The Morgan fingerprint density at radius 2 is 1.75 bits per heavy atom. The molecule has 5 nitrogen and oxygen atoms in total. The second-order valence-corrected chi connectivity index (χ2v) is 7.17. The summed E-state index contributed by atoms with van der Waals surface area (Å²) in [5.41, 5.74) is 4.10. The second-order valence-electron chi connectivity index (χ2n) is 6.35. The number of aliphatic imine (C=N–C) groups is 1. The number of aromatic nitrogens is 2. The van der Waals surface area contributed by atoms with Crippen molar-refractivity contribution >= 4 is 46.1 Å². The highest BCUT2D eigenvalue weighted by atomic mass is 35.5. The Labute approximate surface area is 170 Å². The summed E-state index contributed by atoms with van der Waals surface area (Å²) in [6.07, 6.45) is 2.13. The van der Waals surface area contributed by atoms with Gasteiger partial charge in [0.2, 0.25) is 0 Å². The number of imidazole rings is 1. The van der Waals surface area contributed by atoms with E-state index >= 15 is 0 Å². The number of hydrogen-bond donors (Lipinski definition) is 3. The Balaban J connectivity index is 1.66. The normalized spacial score (nSPS) is 11.5. The van der Waals surface area contributed by atoms with Gasteiger partial charge in [-0.3, -0.25) is 4.99 Å². The Bertz CT molecular complexity index is 1260. The molecule has 3 aromatic carbocycles. The van der Waals surface area contributed by atoms with Crippen molar-refractivity contribution in [2.75, 3.05) is 0 Å². The van der Waals surface area contributed by atoms with Gasteiger partial charge < -0.3 is 15.1 Å². The van der Waals surface area contributed by atoms with Crippen LogP contribution in [0.3, 0.4) is 0 Å². The number of phenols is 1.